The van der Waals surface area contributed by atoms with Gasteiger partial charge in [0.1, 0.15) is 5.75 Å². The molecule has 0 bridgehead atoms. The minimum Gasteiger partial charge on any atom is -0.494 e. The molecule has 0 radical (unpaired) electrons. The van der Waals surface area contributed by atoms with Crippen molar-refractivity contribution in [3.8, 4) is 5.75 Å². The third kappa shape index (κ3) is 3.03. The average molecular weight is 265 g/mol. The Bertz CT molecular complexity index is 453. The number of aliphatic hydroxyl groups is 1. The third-order valence-corrected chi connectivity index (χ3v) is 4.12. The molecule has 19 heavy (non-hydrogen) atoms. The topological polar surface area (TPSA) is 32.7 Å². The summed E-state index contributed by atoms with van der Waals surface area (Å²) in [5.41, 5.74) is 4.62. The molecule has 1 aromatic rings. The highest BCUT2D eigenvalue weighted by atomic mass is 16.5. The van der Waals surface area contributed by atoms with Crippen LogP contribution in [0.5, 0.6) is 5.75 Å². The summed E-state index contributed by atoms with van der Waals surface area (Å²) in [6, 6.07) is 2.19. The molecule has 108 valence electrons. The molecule has 1 rings (SSSR count). The Morgan fingerprint density at radius 1 is 1.21 bits per heavy atom. The maximum absolute atomic E-state index is 9.23. The zero-order chi connectivity index (χ0) is 14.8. The van der Waals surface area contributed by atoms with Crippen LogP contribution in [-0.2, 0) is 0 Å². The molecule has 0 spiro atoms. The summed E-state index contributed by atoms with van der Waals surface area (Å²) in [6.07, 6.45) is 0.721. The van der Waals surface area contributed by atoms with E-state index in [9.17, 15) is 5.11 Å². The van der Waals surface area contributed by atoms with Gasteiger partial charge in [0.15, 0.2) is 0 Å². The maximum atomic E-state index is 9.23. The minimum absolute atomic E-state index is 0.117. The normalized spacial score (nSPS) is 11.6. The van der Waals surface area contributed by atoms with Gasteiger partial charge in [-0.2, -0.15) is 0 Å². The van der Waals surface area contributed by atoms with Gasteiger partial charge in [-0.05, 0) is 57.7 Å². The lowest BCUT2D eigenvalue weighted by Gasteiger charge is -2.39. The molecule has 1 aromatic carbocycles. The first-order valence-corrected chi connectivity index (χ1v) is 6.75. The zero-order valence-electron chi connectivity index (χ0n) is 13.3. The van der Waals surface area contributed by atoms with E-state index in [2.05, 4.69) is 52.6 Å². The van der Waals surface area contributed by atoms with E-state index in [-0.39, 0.29) is 12.1 Å². The minimum atomic E-state index is -0.117. The lowest BCUT2D eigenvalue weighted by molar-refractivity contribution is 0.249. The van der Waals surface area contributed by atoms with Gasteiger partial charge in [-0.1, -0.05) is 6.07 Å². The van der Waals surface area contributed by atoms with E-state index in [0.29, 0.717) is 0 Å². The molecule has 0 heterocycles. The predicted octanol–water partition coefficient (Wildman–Crippen LogP) is 3.22. The first-order valence-electron chi connectivity index (χ1n) is 6.75. The standard InChI is InChI=1S/C16H27NO2/c1-11-10-12(2)14(15(19-7)13(11)3)17(6)16(4,5)8-9-18/h10,18H,8-9H2,1-7H3. The van der Waals surface area contributed by atoms with Crippen LogP contribution in [0.15, 0.2) is 6.07 Å². The summed E-state index contributed by atoms with van der Waals surface area (Å²) in [6.45, 7) is 10.8. The molecule has 0 atom stereocenters. The fourth-order valence-corrected chi connectivity index (χ4v) is 2.45. The number of aryl methyl sites for hydroxylation is 2. The van der Waals surface area contributed by atoms with Crippen molar-refractivity contribution in [3.63, 3.8) is 0 Å². The van der Waals surface area contributed by atoms with Crippen LogP contribution in [0.3, 0.4) is 0 Å². The van der Waals surface area contributed by atoms with Crippen LogP contribution in [0.2, 0.25) is 0 Å². The number of rotatable bonds is 5. The Balaban J connectivity index is 3.38. The Labute approximate surface area is 117 Å². The van der Waals surface area contributed by atoms with Crippen LogP contribution in [-0.4, -0.2) is 31.4 Å². The molecule has 0 fully saturated rings. The Morgan fingerprint density at radius 2 is 1.79 bits per heavy atom. The van der Waals surface area contributed by atoms with Gasteiger partial charge in [0.2, 0.25) is 0 Å². The van der Waals surface area contributed by atoms with Crippen LogP contribution in [0.1, 0.15) is 37.0 Å². The third-order valence-electron chi connectivity index (χ3n) is 4.12. The van der Waals surface area contributed by atoms with Crippen LogP contribution in [0.25, 0.3) is 0 Å². The monoisotopic (exact) mass is 265 g/mol. The second-order valence-electron chi connectivity index (χ2n) is 5.86. The number of hydrogen-bond acceptors (Lipinski definition) is 3. The van der Waals surface area contributed by atoms with Gasteiger partial charge in [0.05, 0.1) is 12.8 Å². The predicted molar refractivity (Wildman–Crippen MR) is 81.4 cm³/mol. The van der Waals surface area contributed by atoms with Gasteiger partial charge in [0.25, 0.3) is 0 Å². The van der Waals surface area contributed by atoms with E-state index in [1.165, 1.54) is 16.7 Å². The number of anilines is 1. The lowest BCUT2D eigenvalue weighted by Crippen LogP contribution is -2.42. The molecule has 1 N–H and O–H groups in total. The van der Waals surface area contributed by atoms with Gasteiger partial charge in [-0.15, -0.1) is 0 Å². The second kappa shape index (κ2) is 5.83. The molecule has 0 amide bonds. The van der Waals surface area contributed by atoms with Crippen molar-refractivity contribution in [2.45, 2.75) is 46.6 Å². The van der Waals surface area contributed by atoms with Crippen LogP contribution in [0, 0.1) is 20.8 Å². The molecule has 3 heteroatoms. The van der Waals surface area contributed by atoms with Crippen molar-refractivity contribution >= 4 is 5.69 Å². The van der Waals surface area contributed by atoms with Gasteiger partial charge in [0, 0.05) is 19.2 Å². The Kier molecular flexibility index (Phi) is 4.86. The quantitative estimate of drug-likeness (QED) is 0.887. The number of hydrogen-bond donors (Lipinski definition) is 1. The van der Waals surface area contributed by atoms with Gasteiger partial charge < -0.3 is 14.7 Å². The number of aliphatic hydroxyl groups excluding tert-OH is 1. The van der Waals surface area contributed by atoms with Crippen molar-refractivity contribution in [3.05, 3.63) is 22.8 Å². The van der Waals surface area contributed by atoms with E-state index in [4.69, 9.17) is 4.74 Å². The average Bonchev–Trinajstić information content (AvgIpc) is 2.32. The zero-order valence-corrected chi connectivity index (χ0v) is 13.3. The molecule has 0 aliphatic heterocycles. The van der Waals surface area contributed by atoms with E-state index < -0.39 is 0 Å². The maximum Gasteiger partial charge on any atom is 0.145 e. The SMILES string of the molecule is COc1c(C)c(C)cc(C)c1N(C)C(C)(C)CCO. The summed E-state index contributed by atoms with van der Waals surface area (Å²) in [5, 5.41) is 9.23. The Morgan fingerprint density at radius 3 is 2.26 bits per heavy atom. The van der Waals surface area contributed by atoms with E-state index >= 15 is 0 Å². The summed E-state index contributed by atoms with van der Waals surface area (Å²) < 4.78 is 5.63. The highest BCUT2D eigenvalue weighted by Gasteiger charge is 2.27. The number of nitrogens with zero attached hydrogens (tertiary/aromatic N) is 1. The molecular weight excluding hydrogens is 238 g/mol. The molecular formula is C16H27NO2. The number of methoxy groups -OCH3 is 1. The van der Waals surface area contributed by atoms with Crippen LogP contribution in [0.4, 0.5) is 5.69 Å². The van der Waals surface area contributed by atoms with E-state index in [1.807, 2.05) is 0 Å². The fraction of sp³-hybridized carbons (Fsp3) is 0.625. The molecule has 0 saturated heterocycles. The van der Waals surface area contributed by atoms with Crippen molar-refractivity contribution in [1.29, 1.82) is 0 Å². The molecule has 0 aromatic heterocycles. The van der Waals surface area contributed by atoms with E-state index in [0.717, 1.165) is 17.9 Å². The Hall–Kier alpha value is -1.22. The summed E-state index contributed by atoms with van der Waals surface area (Å²) in [5.74, 6) is 0.936. The van der Waals surface area contributed by atoms with Gasteiger partial charge in [-0.25, -0.2) is 0 Å². The van der Waals surface area contributed by atoms with Crippen LogP contribution < -0.4 is 9.64 Å². The van der Waals surface area contributed by atoms with Gasteiger partial charge >= 0.3 is 0 Å². The van der Waals surface area contributed by atoms with Crippen molar-refractivity contribution in [2.75, 3.05) is 25.7 Å². The molecule has 0 saturated carbocycles. The van der Waals surface area contributed by atoms with Crippen molar-refractivity contribution < 1.29 is 9.84 Å². The second-order valence-corrected chi connectivity index (χ2v) is 5.86. The summed E-state index contributed by atoms with van der Waals surface area (Å²) in [4.78, 5) is 2.21. The molecule has 3 nitrogen and oxygen atoms in total. The van der Waals surface area contributed by atoms with Crippen molar-refractivity contribution in [1.82, 2.24) is 0 Å². The highest BCUT2D eigenvalue weighted by molar-refractivity contribution is 5.68. The molecule has 0 aliphatic carbocycles. The molecule has 0 unspecified atom stereocenters. The largest absolute Gasteiger partial charge is 0.494 e. The van der Waals surface area contributed by atoms with Gasteiger partial charge in [-0.3, -0.25) is 0 Å². The first kappa shape index (κ1) is 15.8. The highest BCUT2D eigenvalue weighted by Crippen LogP contribution is 2.39. The number of benzene rings is 1. The first-order chi connectivity index (χ1) is 8.76. The van der Waals surface area contributed by atoms with Crippen LogP contribution >= 0.6 is 0 Å². The smallest absolute Gasteiger partial charge is 0.145 e. The summed E-state index contributed by atoms with van der Waals surface area (Å²) >= 11 is 0. The van der Waals surface area contributed by atoms with E-state index in [1.54, 1.807) is 7.11 Å². The summed E-state index contributed by atoms with van der Waals surface area (Å²) in [7, 11) is 3.78. The van der Waals surface area contributed by atoms with Crippen molar-refractivity contribution in [2.24, 2.45) is 0 Å². The molecule has 0 aliphatic rings. The number of ether oxygens (including phenoxy) is 1. The fourth-order valence-electron chi connectivity index (χ4n) is 2.45. The lowest BCUT2D eigenvalue weighted by atomic mass is 9.95.